The van der Waals surface area contributed by atoms with Crippen LogP contribution in [0.2, 0.25) is 0 Å². The molecule has 2 amide bonds. The van der Waals surface area contributed by atoms with Gasteiger partial charge in [0, 0.05) is 0 Å². The smallest absolute Gasteiger partial charge is 0.407 e. The lowest BCUT2D eigenvalue weighted by atomic mass is 10.0. The van der Waals surface area contributed by atoms with Crippen molar-refractivity contribution in [2.45, 2.75) is 59.2 Å². The fourth-order valence-electron chi connectivity index (χ4n) is 2.87. The van der Waals surface area contributed by atoms with Gasteiger partial charge < -0.3 is 34.7 Å². The Labute approximate surface area is 188 Å². The first kappa shape index (κ1) is 27.6. The zero-order valence-electron chi connectivity index (χ0n) is 18.8. The lowest BCUT2D eigenvalue weighted by Crippen LogP contribution is -2.54. The van der Waals surface area contributed by atoms with Gasteiger partial charge in [-0.1, -0.05) is 58.0 Å². The minimum absolute atomic E-state index is 0.0218. The van der Waals surface area contributed by atoms with Crippen molar-refractivity contribution in [3.8, 4) is 0 Å². The Morgan fingerprint density at radius 2 is 1.56 bits per heavy atom. The minimum Gasteiger partial charge on any atom is -0.787 e. The van der Waals surface area contributed by atoms with Crippen molar-refractivity contribution in [3.63, 3.8) is 0 Å². The highest BCUT2D eigenvalue weighted by atomic mass is 31.2. The summed E-state index contributed by atoms with van der Waals surface area (Å²) in [6, 6.07) is 6.43. The van der Waals surface area contributed by atoms with E-state index in [-0.39, 0.29) is 31.3 Å². The summed E-state index contributed by atoms with van der Waals surface area (Å²) in [5, 5.41) is 18.1. The van der Waals surface area contributed by atoms with Crippen molar-refractivity contribution in [1.29, 1.82) is 0 Å². The summed E-state index contributed by atoms with van der Waals surface area (Å²) < 4.78 is 17.4. The van der Waals surface area contributed by atoms with Gasteiger partial charge >= 0.3 is 6.09 Å². The molecule has 1 aromatic carbocycles. The van der Waals surface area contributed by atoms with Crippen LogP contribution < -0.4 is 25.7 Å². The Morgan fingerprint density at radius 1 is 1.00 bits per heavy atom. The molecule has 0 spiro atoms. The maximum atomic E-state index is 12.6. The maximum absolute atomic E-state index is 12.6. The molecule has 0 aromatic heterocycles. The van der Waals surface area contributed by atoms with Gasteiger partial charge in [-0.25, -0.2) is 4.79 Å². The summed E-state index contributed by atoms with van der Waals surface area (Å²) in [5.74, 6) is -2.29. The van der Waals surface area contributed by atoms with Gasteiger partial charge in [-0.15, -0.1) is 0 Å². The number of hydrogen-bond acceptors (Lipinski definition) is 7. The predicted octanol–water partition coefficient (Wildman–Crippen LogP) is 0.709. The van der Waals surface area contributed by atoms with E-state index in [2.05, 4.69) is 15.7 Å². The lowest BCUT2D eigenvalue weighted by Gasteiger charge is -2.32. The predicted molar refractivity (Wildman–Crippen MR) is 115 cm³/mol. The summed E-state index contributed by atoms with van der Waals surface area (Å²) in [5.41, 5.74) is 0.739. The van der Waals surface area contributed by atoms with Gasteiger partial charge in [-0.2, -0.15) is 0 Å². The van der Waals surface area contributed by atoms with Gasteiger partial charge in [0.05, 0.1) is 31.9 Å². The zero-order chi connectivity index (χ0) is 24.3. The molecule has 0 radical (unpaired) electrons. The first-order valence-electron chi connectivity index (χ1n) is 10.4. The van der Waals surface area contributed by atoms with E-state index in [0.29, 0.717) is 0 Å². The first-order valence-corrected chi connectivity index (χ1v) is 12.2. The topological polar surface area (TPSA) is 160 Å². The lowest BCUT2D eigenvalue weighted by molar-refractivity contribution is -0.308. The van der Waals surface area contributed by atoms with E-state index in [0.717, 1.165) is 5.56 Å². The summed E-state index contributed by atoms with van der Waals surface area (Å²) in [7, 11) is -4.44. The van der Waals surface area contributed by atoms with E-state index >= 15 is 0 Å². The van der Waals surface area contributed by atoms with Crippen LogP contribution in [0.5, 0.6) is 0 Å². The molecule has 3 atom stereocenters. The number of carboxylic acid groups (broad SMARTS) is 1. The molecule has 0 heterocycles. The number of carboxylic acids is 1. The van der Waals surface area contributed by atoms with Crippen molar-refractivity contribution < 1.29 is 33.7 Å². The molecule has 11 heteroatoms. The number of rotatable bonds is 13. The standard InChI is InChI=1S/C21H34N3O7P/c1-14(2)10-17(19(25)23-18(20(26)27)11-15(3)4)24-32(29,30)13-22-21(28)31-12-16-8-6-5-7-9-16/h5-9,14-15,17-18H,10-13H2,1-4H3,(H,22,28)(H,23,25)(H,26,27)(H2,24,29,30)/p-2/t17-,18-/m0/s1. The highest BCUT2D eigenvalue weighted by Gasteiger charge is 2.26. The van der Waals surface area contributed by atoms with Crippen molar-refractivity contribution in [2.24, 2.45) is 11.8 Å². The van der Waals surface area contributed by atoms with Crippen LogP contribution >= 0.6 is 7.52 Å². The molecule has 0 aliphatic heterocycles. The Morgan fingerprint density at radius 3 is 2.09 bits per heavy atom. The molecular weight excluding hydrogens is 437 g/mol. The number of nitrogens with one attached hydrogen (secondary N) is 3. The molecule has 3 N–H and O–H groups in total. The summed E-state index contributed by atoms with van der Waals surface area (Å²) in [6.07, 6.45) is -1.42. The van der Waals surface area contributed by atoms with E-state index in [9.17, 15) is 28.9 Å². The number of alkyl carbamates (subject to hydrolysis) is 1. The average Bonchev–Trinajstić information content (AvgIpc) is 2.69. The molecule has 0 aliphatic carbocycles. The third kappa shape index (κ3) is 11.3. The number of benzene rings is 1. The Balaban J connectivity index is 2.68. The number of carbonyl (C=O) groups is 3. The van der Waals surface area contributed by atoms with Crippen molar-refractivity contribution in [3.05, 3.63) is 35.9 Å². The van der Waals surface area contributed by atoms with Gasteiger partial charge in [0.1, 0.15) is 6.61 Å². The number of aliphatic carboxylic acids is 1. The molecule has 1 aromatic rings. The highest BCUT2D eigenvalue weighted by Crippen LogP contribution is 2.30. The molecule has 0 saturated carbocycles. The molecule has 0 bridgehead atoms. The summed E-state index contributed by atoms with van der Waals surface area (Å²) in [4.78, 5) is 48.2. The SMILES string of the molecule is CC(C)C[C@H](NC(=O)[C@H](CC(C)C)NP(=O)([O-])CNC(=O)OCc1ccccc1)C(=O)[O-]. The van der Waals surface area contributed by atoms with E-state index < -0.39 is 43.9 Å². The molecule has 180 valence electrons. The van der Waals surface area contributed by atoms with Crippen molar-refractivity contribution in [1.82, 2.24) is 15.7 Å². The summed E-state index contributed by atoms with van der Waals surface area (Å²) >= 11 is 0. The number of ether oxygens (including phenoxy) is 1. The van der Waals surface area contributed by atoms with Gasteiger partial charge in [-0.05, 0) is 30.2 Å². The normalized spacial score (nSPS) is 15.0. The Kier molecular flexibility index (Phi) is 11.4. The van der Waals surface area contributed by atoms with Gasteiger partial charge in [0.15, 0.2) is 0 Å². The van der Waals surface area contributed by atoms with Crippen LogP contribution in [0, 0.1) is 11.8 Å². The van der Waals surface area contributed by atoms with Crippen LogP contribution in [0.4, 0.5) is 4.79 Å². The number of hydrogen-bond donors (Lipinski definition) is 3. The van der Waals surface area contributed by atoms with Crippen molar-refractivity contribution in [2.75, 3.05) is 6.29 Å². The minimum atomic E-state index is -4.44. The monoisotopic (exact) mass is 469 g/mol. The second-order valence-corrected chi connectivity index (χ2v) is 10.3. The Bertz CT molecular complexity index is 802. The van der Waals surface area contributed by atoms with E-state index in [1.165, 1.54) is 0 Å². The largest absolute Gasteiger partial charge is 0.787 e. The number of amides is 2. The third-order valence-electron chi connectivity index (χ3n) is 4.33. The third-order valence-corrected chi connectivity index (χ3v) is 5.61. The van der Waals surface area contributed by atoms with Gasteiger partial charge in [0.2, 0.25) is 5.91 Å². The molecule has 10 nitrogen and oxygen atoms in total. The zero-order valence-corrected chi connectivity index (χ0v) is 19.7. The molecule has 1 unspecified atom stereocenters. The van der Waals surface area contributed by atoms with E-state index in [4.69, 9.17) is 4.74 Å². The Hall–Kier alpha value is -2.42. The van der Waals surface area contributed by atoms with Crippen LogP contribution in [0.3, 0.4) is 0 Å². The van der Waals surface area contributed by atoms with Gasteiger partial charge in [-0.3, -0.25) is 9.88 Å². The highest BCUT2D eigenvalue weighted by molar-refractivity contribution is 7.54. The van der Waals surface area contributed by atoms with Crippen LogP contribution in [0.1, 0.15) is 46.1 Å². The maximum Gasteiger partial charge on any atom is 0.407 e. The molecule has 0 aliphatic rings. The first-order chi connectivity index (χ1) is 14.9. The van der Waals surface area contributed by atoms with Crippen LogP contribution in [-0.2, 0) is 25.5 Å². The van der Waals surface area contributed by atoms with Crippen LogP contribution in [-0.4, -0.2) is 36.3 Å². The van der Waals surface area contributed by atoms with Gasteiger partial charge in [0.25, 0.3) is 0 Å². The fraction of sp³-hybridized carbons (Fsp3) is 0.571. The second-order valence-electron chi connectivity index (χ2n) is 8.39. The van der Waals surface area contributed by atoms with E-state index in [1.807, 2.05) is 6.07 Å². The quantitative estimate of drug-likeness (QED) is 0.356. The van der Waals surface area contributed by atoms with E-state index in [1.54, 1.807) is 52.0 Å². The summed E-state index contributed by atoms with van der Waals surface area (Å²) in [6.45, 7) is 7.14. The molecule has 0 saturated heterocycles. The molecule has 0 fully saturated rings. The van der Waals surface area contributed by atoms with Crippen LogP contribution in [0.15, 0.2) is 30.3 Å². The van der Waals surface area contributed by atoms with Crippen molar-refractivity contribution >= 4 is 25.5 Å². The average molecular weight is 469 g/mol. The van der Waals surface area contributed by atoms with Crippen LogP contribution in [0.25, 0.3) is 0 Å². The number of carbonyl (C=O) groups excluding carboxylic acids is 3. The molecule has 1 rings (SSSR count). The fourth-order valence-corrected chi connectivity index (χ4v) is 4.00. The second kappa shape index (κ2) is 13.2. The molecular formula is C21H32N3O7P-2. The molecule has 32 heavy (non-hydrogen) atoms.